The highest BCUT2D eigenvalue weighted by Crippen LogP contribution is 2.26. The van der Waals surface area contributed by atoms with E-state index in [0.717, 1.165) is 9.87 Å². The minimum Gasteiger partial charge on any atom is -0.350 e. The summed E-state index contributed by atoms with van der Waals surface area (Å²) in [5, 5.41) is 2.79. The third-order valence-electron chi connectivity index (χ3n) is 4.49. The molecule has 2 aromatic carbocycles. The number of nitrogens with one attached hydrogen (secondary N) is 1. The fraction of sp³-hybridized carbons (Fsp3) is 0.350. The molecular formula is C20H24N2O5S. The van der Waals surface area contributed by atoms with E-state index in [2.05, 4.69) is 5.32 Å². The van der Waals surface area contributed by atoms with Crippen LogP contribution in [0.2, 0.25) is 0 Å². The molecular weight excluding hydrogens is 380 g/mol. The Labute approximate surface area is 165 Å². The Morgan fingerprint density at radius 2 is 1.79 bits per heavy atom. The van der Waals surface area contributed by atoms with Crippen LogP contribution >= 0.6 is 0 Å². The largest absolute Gasteiger partial charge is 0.350 e. The highest BCUT2D eigenvalue weighted by Gasteiger charge is 2.29. The summed E-state index contributed by atoms with van der Waals surface area (Å²) in [6.07, 6.45) is -0.809. The van der Waals surface area contributed by atoms with Crippen molar-refractivity contribution in [3.63, 3.8) is 0 Å². The first kappa shape index (κ1) is 20.5. The molecule has 1 amide bonds. The van der Waals surface area contributed by atoms with Gasteiger partial charge in [-0.15, -0.1) is 0 Å². The minimum absolute atomic E-state index is 0.0960. The number of sulfonamides is 1. The fourth-order valence-corrected chi connectivity index (χ4v) is 4.03. The molecule has 0 bridgehead atoms. The Bertz CT molecular complexity index is 915. The molecule has 1 fully saturated rings. The maximum atomic E-state index is 12.6. The molecule has 0 saturated carbocycles. The number of nitrogens with zero attached hydrogens (tertiary/aromatic N) is 1. The molecule has 1 N–H and O–H groups in total. The molecule has 8 heteroatoms. The molecule has 7 nitrogen and oxygen atoms in total. The van der Waals surface area contributed by atoms with Crippen molar-refractivity contribution in [2.45, 2.75) is 30.3 Å². The molecule has 0 spiro atoms. The molecule has 150 valence electrons. The molecule has 2 atom stereocenters. The van der Waals surface area contributed by atoms with Gasteiger partial charge < -0.3 is 14.8 Å². The fourth-order valence-electron chi connectivity index (χ4n) is 2.91. The van der Waals surface area contributed by atoms with E-state index in [0.29, 0.717) is 18.6 Å². The van der Waals surface area contributed by atoms with Crippen LogP contribution in [0.3, 0.4) is 0 Å². The van der Waals surface area contributed by atoms with Crippen molar-refractivity contribution < 1.29 is 22.7 Å². The molecule has 2 aromatic rings. The zero-order valence-corrected chi connectivity index (χ0v) is 16.7. The highest BCUT2D eigenvalue weighted by atomic mass is 32.2. The topological polar surface area (TPSA) is 84.9 Å². The van der Waals surface area contributed by atoms with E-state index < -0.39 is 22.4 Å². The van der Waals surface area contributed by atoms with Crippen molar-refractivity contribution >= 4 is 15.9 Å². The van der Waals surface area contributed by atoms with E-state index in [1.165, 1.54) is 20.2 Å². The monoisotopic (exact) mass is 404 g/mol. The number of carbonyl (C=O) groups excluding carboxylic acids is 1. The quantitative estimate of drug-likeness (QED) is 0.797. The van der Waals surface area contributed by atoms with Gasteiger partial charge in [0.2, 0.25) is 15.9 Å². The maximum absolute atomic E-state index is 12.6. The van der Waals surface area contributed by atoms with Crippen molar-refractivity contribution in [2.24, 2.45) is 0 Å². The first-order chi connectivity index (χ1) is 13.4. The number of hydrogen-bond donors (Lipinski definition) is 1. The predicted molar refractivity (Wildman–Crippen MR) is 104 cm³/mol. The van der Waals surface area contributed by atoms with Crippen LogP contribution < -0.4 is 5.32 Å². The first-order valence-corrected chi connectivity index (χ1v) is 10.4. The summed E-state index contributed by atoms with van der Waals surface area (Å²) >= 11 is 0. The number of rotatable bonds is 6. The lowest BCUT2D eigenvalue weighted by Gasteiger charge is -2.29. The van der Waals surface area contributed by atoms with E-state index in [4.69, 9.17) is 9.47 Å². The maximum Gasteiger partial charge on any atom is 0.249 e. The van der Waals surface area contributed by atoms with Crippen LogP contribution in [-0.4, -0.2) is 45.4 Å². The Morgan fingerprint density at radius 3 is 2.50 bits per heavy atom. The van der Waals surface area contributed by atoms with Gasteiger partial charge in [-0.25, -0.2) is 12.7 Å². The Morgan fingerprint density at radius 1 is 1.11 bits per heavy atom. The van der Waals surface area contributed by atoms with Crippen LogP contribution in [0.4, 0.5) is 0 Å². The van der Waals surface area contributed by atoms with Crippen molar-refractivity contribution in [3.05, 3.63) is 65.7 Å². The van der Waals surface area contributed by atoms with Gasteiger partial charge in [0.25, 0.3) is 0 Å². The molecule has 1 saturated heterocycles. The summed E-state index contributed by atoms with van der Waals surface area (Å²) in [5.74, 6) is -0.290. The van der Waals surface area contributed by atoms with Crippen molar-refractivity contribution in [3.8, 4) is 0 Å². The molecule has 28 heavy (non-hydrogen) atoms. The Hall–Kier alpha value is -2.26. The molecule has 0 aromatic heterocycles. The van der Waals surface area contributed by atoms with Gasteiger partial charge in [-0.1, -0.05) is 48.5 Å². The van der Waals surface area contributed by atoms with Crippen LogP contribution in [0.25, 0.3) is 0 Å². The van der Waals surface area contributed by atoms with Crippen molar-refractivity contribution in [1.29, 1.82) is 0 Å². The van der Waals surface area contributed by atoms with E-state index in [1.807, 2.05) is 30.3 Å². The molecule has 1 heterocycles. The number of carbonyl (C=O) groups is 1. The molecule has 3 rings (SSSR count). The third-order valence-corrected chi connectivity index (χ3v) is 6.40. The summed E-state index contributed by atoms with van der Waals surface area (Å²) in [6, 6.07) is 16.1. The summed E-state index contributed by atoms with van der Waals surface area (Å²) in [6.45, 7) is 0.502. The standard InChI is InChI=1S/C20H24N2O5S/c1-22(2)28(24,25)18-11-7-6-10-16(18)14-21-19(23)17-12-13-26-20(27-17)15-8-4-3-5-9-15/h3-11,17,20H,12-14H2,1-2H3,(H,21,23). The SMILES string of the molecule is CN(C)S(=O)(=O)c1ccccc1CNC(=O)C1CCOC(c2ccccc2)O1. The van der Waals surface area contributed by atoms with Gasteiger partial charge in [-0.3, -0.25) is 4.79 Å². The lowest BCUT2D eigenvalue weighted by molar-refractivity contribution is -0.216. The van der Waals surface area contributed by atoms with Gasteiger partial charge in [0.1, 0.15) is 6.10 Å². The van der Waals surface area contributed by atoms with Crippen LogP contribution in [0, 0.1) is 0 Å². The van der Waals surface area contributed by atoms with Gasteiger partial charge in [0.05, 0.1) is 11.5 Å². The normalized spacial score (nSPS) is 20.1. The molecule has 0 radical (unpaired) electrons. The first-order valence-electron chi connectivity index (χ1n) is 9.00. The minimum atomic E-state index is -3.59. The van der Waals surface area contributed by atoms with Crippen molar-refractivity contribution in [2.75, 3.05) is 20.7 Å². The number of benzene rings is 2. The van der Waals surface area contributed by atoms with Gasteiger partial charge in [-0.05, 0) is 11.6 Å². The second-order valence-corrected chi connectivity index (χ2v) is 8.76. The van der Waals surface area contributed by atoms with Crippen LogP contribution in [0.5, 0.6) is 0 Å². The van der Waals surface area contributed by atoms with Crippen LogP contribution in [-0.2, 0) is 30.8 Å². The molecule has 1 aliphatic heterocycles. The second-order valence-electron chi connectivity index (χ2n) is 6.64. The average molecular weight is 404 g/mol. The van der Waals surface area contributed by atoms with Crippen LogP contribution in [0.1, 0.15) is 23.8 Å². The number of hydrogen-bond acceptors (Lipinski definition) is 5. The van der Waals surface area contributed by atoms with Gasteiger partial charge >= 0.3 is 0 Å². The van der Waals surface area contributed by atoms with E-state index >= 15 is 0 Å². The smallest absolute Gasteiger partial charge is 0.249 e. The summed E-state index contributed by atoms with van der Waals surface area (Å²) in [7, 11) is -0.641. The lowest BCUT2D eigenvalue weighted by atomic mass is 10.1. The zero-order valence-electron chi connectivity index (χ0n) is 15.9. The second kappa shape index (κ2) is 8.83. The molecule has 1 aliphatic rings. The van der Waals surface area contributed by atoms with Gasteiger partial charge in [0, 0.05) is 32.6 Å². The third kappa shape index (κ3) is 4.59. The van der Waals surface area contributed by atoms with E-state index in [9.17, 15) is 13.2 Å². The van der Waals surface area contributed by atoms with Crippen molar-refractivity contribution in [1.82, 2.24) is 9.62 Å². The van der Waals surface area contributed by atoms with E-state index in [-0.39, 0.29) is 17.3 Å². The predicted octanol–water partition coefficient (Wildman–Crippen LogP) is 2.06. The van der Waals surface area contributed by atoms with Gasteiger partial charge in [-0.2, -0.15) is 0 Å². The number of amides is 1. The van der Waals surface area contributed by atoms with E-state index in [1.54, 1.807) is 18.2 Å². The molecule has 2 unspecified atom stereocenters. The Balaban J connectivity index is 1.66. The molecule has 0 aliphatic carbocycles. The lowest BCUT2D eigenvalue weighted by Crippen LogP contribution is -2.40. The average Bonchev–Trinajstić information content (AvgIpc) is 2.72. The Kier molecular flexibility index (Phi) is 6.46. The van der Waals surface area contributed by atoms with Crippen LogP contribution in [0.15, 0.2) is 59.5 Å². The number of ether oxygens (including phenoxy) is 2. The highest BCUT2D eigenvalue weighted by molar-refractivity contribution is 7.89. The zero-order chi connectivity index (χ0) is 20.1. The summed E-state index contributed by atoms with van der Waals surface area (Å²) in [5.41, 5.74) is 1.37. The summed E-state index contributed by atoms with van der Waals surface area (Å²) in [4.78, 5) is 12.8. The van der Waals surface area contributed by atoms with Gasteiger partial charge in [0.15, 0.2) is 6.29 Å². The summed E-state index contributed by atoms with van der Waals surface area (Å²) < 4.78 is 37.5.